The highest BCUT2D eigenvalue weighted by atomic mass is 19.1. The van der Waals surface area contributed by atoms with Crippen LogP contribution in [0, 0.1) is 5.82 Å². The first-order chi connectivity index (χ1) is 8.97. The van der Waals surface area contributed by atoms with Crippen LogP contribution in [0.25, 0.3) is 0 Å². The molecule has 0 aliphatic rings. The average molecular weight is 267 g/mol. The van der Waals surface area contributed by atoms with Gasteiger partial charge in [-0.1, -0.05) is 5.57 Å². The number of halogens is 1. The number of benzene rings is 1. The van der Waals surface area contributed by atoms with Crippen LogP contribution in [0.4, 0.5) is 4.39 Å². The average Bonchev–Trinajstić information content (AvgIpc) is 2.35. The molecule has 5 heteroatoms. The summed E-state index contributed by atoms with van der Waals surface area (Å²) in [7, 11) is 0. The van der Waals surface area contributed by atoms with E-state index in [2.05, 4.69) is 5.32 Å². The van der Waals surface area contributed by atoms with Crippen molar-refractivity contribution < 1.29 is 19.0 Å². The number of rotatable bonds is 6. The topological polar surface area (TPSA) is 58.6 Å². The van der Waals surface area contributed by atoms with Crippen LogP contribution in [0.3, 0.4) is 0 Å². The van der Waals surface area contributed by atoms with E-state index in [0.29, 0.717) is 5.75 Å². The van der Waals surface area contributed by atoms with E-state index in [0.717, 1.165) is 5.57 Å². The van der Waals surface area contributed by atoms with E-state index in [1.54, 1.807) is 0 Å². The van der Waals surface area contributed by atoms with Crippen molar-refractivity contribution in [3.8, 4) is 5.75 Å². The molecule has 1 unspecified atom stereocenters. The Morgan fingerprint density at radius 2 is 2.05 bits per heavy atom. The second-order valence-electron chi connectivity index (χ2n) is 4.39. The van der Waals surface area contributed by atoms with Crippen LogP contribution in [0.5, 0.6) is 5.75 Å². The van der Waals surface area contributed by atoms with Crippen LogP contribution in [-0.4, -0.2) is 30.3 Å². The smallest absolute Gasteiger partial charge is 0.244 e. The van der Waals surface area contributed by atoms with Gasteiger partial charge in [-0.15, -0.1) is 0 Å². The Hall–Kier alpha value is -1.88. The largest absolute Gasteiger partial charge is 0.491 e. The van der Waals surface area contributed by atoms with E-state index < -0.39 is 6.10 Å². The molecule has 1 atom stereocenters. The second kappa shape index (κ2) is 7.53. The summed E-state index contributed by atoms with van der Waals surface area (Å²) < 4.78 is 17.9. The normalized spacial score (nSPS) is 11.6. The quantitative estimate of drug-likeness (QED) is 0.770. The molecule has 104 valence electrons. The lowest BCUT2D eigenvalue weighted by atomic mass is 10.3. The van der Waals surface area contributed by atoms with Crippen LogP contribution >= 0.6 is 0 Å². The highest BCUT2D eigenvalue weighted by molar-refractivity contribution is 5.88. The van der Waals surface area contributed by atoms with Crippen molar-refractivity contribution in [1.82, 2.24) is 5.32 Å². The highest BCUT2D eigenvalue weighted by Gasteiger charge is 2.06. The molecule has 1 amide bonds. The molecule has 0 aromatic heterocycles. The number of hydrogen-bond acceptors (Lipinski definition) is 3. The van der Waals surface area contributed by atoms with Crippen LogP contribution < -0.4 is 10.1 Å². The third-order valence-electron chi connectivity index (χ3n) is 2.19. The molecule has 19 heavy (non-hydrogen) atoms. The van der Waals surface area contributed by atoms with Crippen LogP contribution in [0.1, 0.15) is 13.8 Å². The molecule has 0 bridgehead atoms. The Bertz CT molecular complexity index is 439. The van der Waals surface area contributed by atoms with Gasteiger partial charge >= 0.3 is 0 Å². The summed E-state index contributed by atoms with van der Waals surface area (Å²) in [6.07, 6.45) is 0.632. The maximum Gasteiger partial charge on any atom is 0.244 e. The maximum atomic E-state index is 12.6. The number of aliphatic hydroxyl groups excluding tert-OH is 1. The number of aliphatic hydroxyl groups is 1. The van der Waals surface area contributed by atoms with Gasteiger partial charge in [-0.25, -0.2) is 4.39 Å². The summed E-state index contributed by atoms with van der Waals surface area (Å²) in [6.45, 7) is 3.76. The minimum absolute atomic E-state index is 0.0285. The Morgan fingerprint density at radius 3 is 2.63 bits per heavy atom. The molecule has 1 rings (SSSR count). The Morgan fingerprint density at radius 1 is 1.42 bits per heavy atom. The molecular weight excluding hydrogens is 249 g/mol. The molecule has 4 nitrogen and oxygen atoms in total. The molecule has 0 radical (unpaired) electrons. The molecule has 0 spiro atoms. The van der Waals surface area contributed by atoms with Gasteiger partial charge in [-0.3, -0.25) is 4.79 Å². The molecule has 2 N–H and O–H groups in total. The zero-order chi connectivity index (χ0) is 14.3. The van der Waals surface area contributed by atoms with Crippen molar-refractivity contribution in [2.45, 2.75) is 20.0 Å². The molecule has 0 fully saturated rings. The van der Waals surface area contributed by atoms with E-state index >= 15 is 0 Å². The first-order valence-corrected chi connectivity index (χ1v) is 5.96. The van der Waals surface area contributed by atoms with Crippen LogP contribution in [0.15, 0.2) is 35.9 Å². The van der Waals surface area contributed by atoms with Gasteiger partial charge in [0.1, 0.15) is 24.3 Å². The predicted molar refractivity (Wildman–Crippen MR) is 70.3 cm³/mol. The van der Waals surface area contributed by atoms with Crippen molar-refractivity contribution >= 4 is 5.91 Å². The number of hydrogen-bond donors (Lipinski definition) is 2. The van der Waals surface area contributed by atoms with Crippen molar-refractivity contribution in [2.24, 2.45) is 0 Å². The number of carbonyl (C=O) groups excluding carboxylic acids is 1. The fourth-order valence-electron chi connectivity index (χ4n) is 1.31. The minimum atomic E-state index is -0.820. The van der Waals surface area contributed by atoms with Gasteiger partial charge in [0.25, 0.3) is 0 Å². The van der Waals surface area contributed by atoms with Gasteiger partial charge < -0.3 is 15.2 Å². The predicted octanol–water partition coefficient (Wildman–Crippen LogP) is 1.65. The van der Waals surface area contributed by atoms with E-state index in [1.807, 2.05) is 13.8 Å². The third kappa shape index (κ3) is 6.57. The summed E-state index contributed by atoms with van der Waals surface area (Å²) in [5, 5.41) is 12.2. The van der Waals surface area contributed by atoms with E-state index in [9.17, 15) is 14.3 Å². The number of allylic oxidation sites excluding steroid dienone is 1. The molecule has 0 aliphatic carbocycles. The van der Waals surface area contributed by atoms with Gasteiger partial charge in [-0.05, 0) is 38.1 Å². The summed E-state index contributed by atoms with van der Waals surface area (Å²) in [5.74, 6) is -0.126. The third-order valence-corrected chi connectivity index (χ3v) is 2.19. The standard InChI is InChI=1S/C14H18FNO3/c1-10(2)7-14(18)16-8-12(17)9-19-13-5-3-11(15)4-6-13/h3-7,12,17H,8-9H2,1-2H3,(H,16,18). The summed E-state index contributed by atoms with van der Waals surface area (Å²) in [6, 6.07) is 5.50. The summed E-state index contributed by atoms with van der Waals surface area (Å²) in [5.41, 5.74) is 0.884. The van der Waals surface area contributed by atoms with Gasteiger partial charge in [0.15, 0.2) is 0 Å². The first kappa shape index (κ1) is 15.2. The SMILES string of the molecule is CC(C)=CC(=O)NCC(O)COc1ccc(F)cc1. The number of amides is 1. The van der Waals surface area contributed by atoms with Crippen molar-refractivity contribution in [1.29, 1.82) is 0 Å². The van der Waals surface area contributed by atoms with Crippen LogP contribution in [0.2, 0.25) is 0 Å². The number of ether oxygens (including phenoxy) is 1. The molecule has 0 heterocycles. The Labute approximate surface area is 111 Å². The fourth-order valence-corrected chi connectivity index (χ4v) is 1.31. The van der Waals surface area contributed by atoms with Gasteiger partial charge in [0, 0.05) is 12.6 Å². The molecule has 0 aliphatic heterocycles. The monoisotopic (exact) mass is 267 g/mol. The first-order valence-electron chi connectivity index (χ1n) is 5.96. The zero-order valence-corrected chi connectivity index (χ0v) is 11.0. The minimum Gasteiger partial charge on any atom is -0.491 e. The van der Waals surface area contributed by atoms with E-state index in [4.69, 9.17) is 4.74 Å². The van der Waals surface area contributed by atoms with Gasteiger partial charge in [0.05, 0.1) is 0 Å². The van der Waals surface area contributed by atoms with Gasteiger partial charge in [-0.2, -0.15) is 0 Å². The lowest BCUT2D eigenvalue weighted by Gasteiger charge is -2.12. The fraction of sp³-hybridized carbons (Fsp3) is 0.357. The Balaban J connectivity index is 2.28. The second-order valence-corrected chi connectivity index (χ2v) is 4.39. The summed E-state index contributed by atoms with van der Waals surface area (Å²) >= 11 is 0. The van der Waals surface area contributed by atoms with Crippen molar-refractivity contribution in [2.75, 3.05) is 13.2 Å². The molecule has 0 saturated carbocycles. The van der Waals surface area contributed by atoms with E-state index in [-0.39, 0.29) is 24.9 Å². The van der Waals surface area contributed by atoms with Crippen molar-refractivity contribution in [3.63, 3.8) is 0 Å². The maximum absolute atomic E-state index is 12.6. The Kier molecular flexibility index (Phi) is 6.02. The van der Waals surface area contributed by atoms with Gasteiger partial charge in [0.2, 0.25) is 5.91 Å². The molecular formula is C14H18FNO3. The lowest BCUT2D eigenvalue weighted by molar-refractivity contribution is -0.117. The molecule has 0 saturated heterocycles. The summed E-state index contributed by atoms with van der Waals surface area (Å²) in [4.78, 5) is 11.3. The number of nitrogens with one attached hydrogen (secondary N) is 1. The lowest BCUT2D eigenvalue weighted by Crippen LogP contribution is -2.34. The van der Waals surface area contributed by atoms with E-state index in [1.165, 1.54) is 30.3 Å². The zero-order valence-electron chi connectivity index (χ0n) is 11.0. The molecule has 1 aromatic carbocycles. The number of carbonyl (C=O) groups is 1. The molecule has 1 aromatic rings. The van der Waals surface area contributed by atoms with Crippen molar-refractivity contribution in [3.05, 3.63) is 41.7 Å². The highest BCUT2D eigenvalue weighted by Crippen LogP contribution is 2.11. The van der Waals surface area contributed by atoms with Crippen LogP contribution in [-0.2, 0) is 4.79 Å².